The lowest BCUT2D eigenvalue weighted by atomic mass is 9.69. The van der Waals surface area contributed by atoms with Crippen molar-refractivity contribution in [2.75, 3.05) is 13.2 Å². The summed E-state index contributed by atoms with van der Waals surface area (Å²) in [6.45, 7) is 64.8. The average molecular weight is 1800 g/mol. The zero-order valence-corrected chi connectivity index (χ0v) is 84.6. The van der Waals surface area contributed by atoms with E-state index in [0.717, 1.165) is 0 Å². The molecule has 0 spiro atoms. The number of hydrogen-bond acceptors (Lipinski definition) is 30. The van der Waals surface area contributed by atoms with Crippen molar-refractivity contribution < 1.29 is 117 Å². The number of esters is 6. The fraction of sp³-hybridized carbons (Fsp3) is 0.938. The van der Waals surface area contributed by atoms with Gasteiger partial charge in [-0.25, -0.2) is 28.8 Å². The van der Waals surface area contributed by atoms with Crippen LogP contribution < -0.4 is 0 Å². The van der Waals surface area contributed by atoms with Crippen molar-refractivity contribution in [3.8, 4) is 0 Å². The Labute approximate surface area is 757 Å². The number of carbonyl (C=O) groups is 6. The van der Waals surface area contributed by atoms with Crippen molar-refractivity contribution in [1.29, 1.82) is 0 Å². The first-order valence-corrected chi connectivity index (χ1v) is 48.2. The van der Waals surface area contributed by atoms with Gasteiger partial charge in [0.1, 0.15) is 13.2 Å². The van der Waals surface area contributed by atoms with Gasteiger partial charge in [-0.05, 0) is 240 Å². The molecule has 0 bridgehead atoms. The molecule has 0 aromatic rings. The highest BCUT2D eigenvalue weighted by molar-refractivity contribution is 5.78. The largest absolute Gasteiger partial charge is 0.460 e. The van der Waals surface area contributed by atoms with Crippen molar-refractivity contribution in [1.82, 2.24) is 30.4 Å². The first-order valence-electron chi connectivity index (χ1n) is 48.2. The quantitative estimate of drug-likeness (QED) is 0.0245. The number of hydrogen-bond donors (Lipinski definition) is 6. The Morgan fingerprint density at radius 3 is 0.540 bits per heavy atom. The fourth-order valence-electron chi connectivity index (χ4n) is 21.4. The lowest BCUT2D eigenvalue weighted by Gasteiger charge is -2.58. The number of rotatable bonds is 41. The number of aliphatic hydroxyl groups excluding tert-OH is 6. The van der Waals surface area contributed by atoms with Crippen molar-refractivity contribution in [2.45, 2.75) is 529 Å². The summed E-state index contributed by atoms with van der Waals surface area (Å²) in [5.74, 6) is -9.17. The zero-order chi connectivity index (χ0) is 96.3. The van der Waals surface area contributed by atoms with Crippen molar-refractivity contribution in [2.24, 2.45) is 35.5 Å². The molecule has 30 nitrogen and oxygen atoms in total. The molecular weight excluding hydrogens is 1620 g/mol. The van der Waals surface area contributed by atoms with Gasteiger partial charge in [-0.3, -0.25) is 29.0 Å². The Balaban J connectivity index is 1.75. The predicted molar refractivity (Wildman–Crippen MR) is 479 cm³/mol. The molecule has 6 saturated heterocycles. The van der Waals surface area contributed by atoms with Gasteiger partial charge in [0, 0.05) is 102 Å². The maximum Gasteiger partial charge on any atom is 0.337 e. The Morgan fingerprint density at radius 2 is 0.397 bits per heavy atom. The van der Waals surface area contributed by atoms with Crippen LogP contribution in [-0.4, -0.2) is 274 Å². The molecule has 0 aromatic heterocycles. The molecule has 0 aromatic carbocycles. The highest BCUT2D eigenvalue weighted by Gasteiger charge is 2.63. The second-order valence-electron chi connectivity index (χ2n) is 42.0. The number of ether oxygens (including phenoxy) is 6. The summed E-state index contributed by atoms with van der Waals surface area (Å²) in [6.07, 6.45) is -16.3. The fourth-order valence-corrected chi connectivity index (χ4v) is 21.4. The molecule has 734 valence electrons. The van der Waals surface area contributed by atoms with E-state index >= 15 is 28.8 Å². The smallest absolute Gasteiger partial charge is 0.337 e. The molecule has 34 atom stereocenters. The second-order valence-corrected chi connectivity index (χ2v) is 42.0. The molecule has 34 unspecified atom stereocenters. The van der Waals surface area contributed by atoms with Gasteiger partial charge in [0.25, 0.3) is 0 Å². The van der Waals surface area contributed by atoms with E-state index in [-0.39, 0.29) is 50.4 Å². The van der Waals surface area contributed by atoms with E-state index in [2.05, 4.69) is 0 Å². The number of hydroxylamine groups is 12. The number of aliphatic hydroxyl groups is 6. The van der Waals surface area contributed by atoms with Gasteiger partial charge >= 0.3 is 35.8 Å². The SMILES string of the molecule is CCC1(C)CC(O)C(C)C(C)(CC)N1OC(C)C(=O)OCC(OC(=O)C(C)ON1C(C)(CC)CC(O)C(C)C1(C)CC)C(OC(=O)C(C)ON1C(C)(CC)CC(O)C(C)C1(C)CC)C(OC(=O)C(C)ON1C(C)(CC)CC(O)C(C)C1(C)CC)C(COC(=O)C(C)ON1C(C)(CC)CC(O)C(C)C1(C)CC)OC(=O)C(C)ON1C(C)(CC)CC(O)C(C)C1(C)CC. The number of piperidine rings is 6. The van der Waals surface area contributed by atoms with Gasteiger partial charge in [-0.1, -0.05) is 125 Å². The van der Waals surface area contributed by atoms with Crippen molar-refractivity contribution in [3.63, 3.8) is 0 Å². The highest BCUT2D eigenvalue weighted by Crippen LogP contribution is 2.54. The molecule has 126 heavy (non-hydrogen) atoms. The number of nitrogens with zero attached hydrogens (tertiary/aromatic N) is 6. The normalized spacial score (nSPS) is 40.8. The van der Waals surface area contributed by atoms with Crippen LogP contribution in [0.4, 0.5) is 0 Å². The minimum Gasteiger partial charge on any atom is -0.460 e. The Kier molecular flexibility index (Phi) is 37.6. The van der Waals surface area contributed by atoms with Crippen LogP contribution in [0.25, 0.3) is 0 Å². The molecular formula is C96H176N6O24. The summed E-state index contributed by atoms with van der Waals surface area (Å²) >= 11 is 0. The van der Waals surface area contributed by atoms with Crippen molar-refractivity contribution >= 4 is 35.8 Å². The van der Waals surface area contributed by atoms with E-state index in [1.165, 1.54) is 41.5 Å². The van der Waals surface area contributed by atoms with E-state index in [1.807, 2.05) is 208 Å². The number of carbonyl (C=O) groups excluding carboxylic acids is 6. The summed E-state index contributed by atoms with van der Waals surface area (Å²) in [4.78, 5) is 138. The lowest BCUT2D eigenvalue weighted by molar-refractivity contribution is -0.336. The molecule has 0 radical (unpaired) electrons. The molecule has 6 fully saturated rings. The van der Waals surface area contributed by atoms with Crippen LogP contribution in [0.5, 0.6) is 0 Å². The average Bonchev–Trinajstić information content (AvgIpc) is 0.766. The Morgan fingerprint density at radius 1 is 0.254 bits per heavy atom. The Bertz CT molecular complexity index is 3370. The molecule has 0 aliphatic carbocycles. The third kappa shape index (κ3) is 21.7. The van der Waals surface area contributed by atoms with Crippen molar-refractivity contribution in [3.05, 3.63) is 0 Å². The third-order valence-corrected chi connectivity index (χ3v) is 34.3. The van der Waals surface area contributed by atoms with Gasteiger partial charge < -0.3 is 59.1 Å². The highest BCUT2D eigenvalue weighted by atomic mass is 16.8. The zero-order valence-electron chi connectivity index (χ0n) is 84.6. The van der Waals surface area contributed by atoms with E-state index < -0.39 is 237 Å². The monoisotopic (exact) mass is 1800 g/mol. The van der Waals surface area contributed by atoms with Crippen LogP contribution >= 0.6 is 0 Å². The van der Waals surface area contributed by atoms with E-state index in [4.69, 9.17) is 57.4 Å². The molecule has 30 heteroatoms. The predicted octanol–water partition coefficient (Wildman–Crippen LogP) is 13.9. The molecule has 6 N–H and O–H groups in total. The standard InChI is InChI=1S/C96H176N6O24/c1-37-85(25)49-69(103)57(13)91(31,43-7)97(85)121-63(19)79(109)115-55-75(117-81(111)65(21)123-99-87(27,39-3)51-71(105)59(15)93(99,33)45-9)77(119-83(113)67(23)125-101-89(29,41-5)53-73(107)61(17)95(101,35)47-11)78(120-84(114)68(24)126-102-90(30,42-6)54-74(108)62(18)96(102,36)48-12)76(118-82(112)66(22)124-100-88(28,40-4)52-72(106)60(16)94(100,34)46-10)56-116-80(110)64(20)122-98-86(26,38-2)50-70(104)58(14)92(98,32)44-8/h57-78,103-108H,37-56H2,1-36H3. The summed E-state index contributed by atoms with van der Waals surface area (Å²) in [5.41, 5.74) is -10.8. The minimum atomic E-state index is -2.37. The lowest BCUT2D eigenvalue weighted by Crippen LogP contribution is -2.68. The van der Waals surface area contributed by atoms with Crippen LogP contribution in [0, 0.1) is 35.5 Å². The maximum absolute atomic E-state index is 16.5. The summed E-state index contributed by atoms with van der Waals surface area (Å²) in [6, 6.07) is 0. The molecule has 6 heterocycles. The third-order valence-electron chi connectivity index (χ3n) is 34.3. The molecule has 6 aliphatic rings. The van der Waals surface area contributed by atoms with E-state index in [1.54, 1.807) is 30.4 Å². The van der Waals surface area contributed by atoms with Crippen LogP contribution in [0.2, 0.25) is 0 Å². The first kappa shape index (κ1) is 111. The molecule has 6 rings (SSSR count). The molecule has 6 aliphatic heterocycles. The van der Waals surface area contributed by atoms with E-state index in [9.17, 15) is 30.6 Å². The summed E-state index contributed by atoms with van der Waals surface area (Å²) in [5, 5.41) is 81.1. The first-order chi connectivity index (χ1) is 58.1. The summed E-state index contributed by atoms with van der Waals surface area (Å²) in [7, 11) is 0. The maximum atomic E-state index is 16.5. The van der Waals surface area contributed by atoms with Gasteiger partial charge in [-0.15, -0.1) is 0 Å². The second kappa shape index (κ2) is 42.8. The van der Waals surface area contributed by atoms with Gasteiger partial charge in [-0.2, -0.15) is 30.4 Å². The van der Waals surface area contributed by atoms with Gasteiger partial charge in [0.15, 0.2) is 61.0 Å². The van der Waals surface area contributed by atoms with Crippen LogP contribution in [-0.2, 0) is 86.2 Å². The van der Waals surface area contributed by atoms with Gasteiger partial charge in [0.2, 0.25) is 0 Å². The topological polar surface area (TPSA) is 354 Å². The van der Waals surface area contributed by atoms with Crippen LogP contribution in [0.3, 0.4) is 0 Å². The van der Waals surface area contributed by atoms with Gasteiger partial charge in [0.05, 0.1) is 36.6 Å². The molecule has 0 saturated carbocycles. The van der Waals surface area contributed by atoms with Crippen LogP contribution in [0.1, 0.15) is 365 Å². The van der Waals surface area contributed by atoms with Crippen LogP contribution in [0.15, 0.2) is 0 Å². The minimum absolute atomic E-state index is 0.224. The molecule has 0 amide bonds. The Hall–Kier alpha value is -3.90. The van der Waals surface area contributed by atoms with E-state index in [0.29, 0.717) is 77.0 Å². The summed E-state index contributed by atoms with van der Waals surface area (Å²) < 4.78 is 40.6.